The van der Waals surface area contributed by atoms with Crippen molar-refractivity contribution in [1.82, 2.24) is 0 Å². The van der Waals surface area contributed by atoms with Crippen LogP contribution >= 0.6 is 0 Å². The summed E-state index contributed by atoms with van der Waals surface area (Å²) in [6.45, 7) is 4.09. The molecular weight excluding hydrogens is 390 g/mol. The first-order chi connectivity index (χ1) is 15.0. The largest absolute Gasteiger partial charge is 0.422 e. The van der Waals surface area contributed by atoms with E-state index in [2.05, 4.69) is 6.92 Å². The lowest BCUT2D eigenvalue weighted by molar-refractivity contribution is -0.128. The fraction of sp³-hybridized carbons (Fsp3) is 0.154. The van der Waals surface area contributed by atoms with Gasteiger partial charge in [0.05, 0.1) is 11.1 Å². The molecule has 0 bridgehead atoms. The summed E-state index contributed by atoms with van der Waals surface area (Å²) in [5.41, 5.74) is 11.3. The molecule has 0 radical (unpaired) electrons. The molecule has 0 unspecified atom stereocenters. The average Bonchev–Trinajstić information content (AvgIpc) is 3.26. The van der Waals surface area contributed by atoms with Crippen molar-refractivity contribution in [3.8, 4) is 11.5 Å². The molecule has 31 heavy (non-hydrogen) atoms. The van der Waals surface area contributed by atoms with Crippen LogP contribution in [0.1, 0.15) is 36.1 Å². The van der Waals surface area contributed by atoms with Gasteiger partial charge in [-0.2, -0.15) is 0 Å². The Labute approximate surface area is 179 Å². The molecule has 2 heterocycles. The third-order valence-corrected chi connectivity index (χ3v) is 5.90. The lowest BCUT2D eigenvalue weighted by Crippen LogP contribution is -2.11. The topological polar surface area (TPSA) is 78.6 Å². The third-order valence-electron chi connectivity index (χ3n) is 5.90. The Morgan fingerprint density at radius 1 is 0.710 bits per heavy atom. The number of rotatable bonds is 4. The fourth-order valence-electron chi connectivity index (χ4n) is 4.16. The predicted molar refractivity (Wildman–Crippen MR) is 118 cm³/mol. The van der Waals surface area contributed by atoms with E-state index in [4.69, 9.17) is 15.2 Å². The zero-order chi connectivity index (χ0) is 21.7. The van der Waals surface area contributed by atoms with Gasteiger partial charge < -0.3 is 15.2 Å². The highest BCUT2D eigenvalue weighted by molar-refractivity contribution is 6.21. The smallest absolute Gasteiger partial charge is 0.344 e. The number of esters is 2. The zero-order valence-electron chi connectivity index (χ0n) is 17.3. The van der Waals surface area contributed by atoms with Crippen LogP contribution in [0.2, 0.25) is 0 Å². The van der Waals surface area contributed by atoms with Crippen LogP contribution in [0.4, 0.5) is 5.69 Å². The van der Waals surface area contributed by atoms with Crippen molar-refractivity contribution < 1.29 is 19.1 Å². The predicted octanol–water partition coefficient (Wildman–Crippen LogP) is 2.63. The molecule has 0 spiro atoms. The zero-order valence-corrected chi connectivity index (χ0v) is 17.3. The summed E-state index contributed by atoms with van der Waals surface area (Å²) in [5.74, 6) is 0.0251. The van der Waals surface area contributed by atoms with Gasteiger partial charge in [-0.1, -0.05) is 44.2 Å². The van der Waals surface area contributed by atoms with Crippen molar-refractivity contribution in [2.24, 2.45) is 0 Å². The molecular formula is C26H21NO4. The molecule has 2 N–H and O–H groups in total. The highest BCUT2D eigenvalue weighted by atomic mass is 16.5. The van der Waals surface area contributed by atoms with Crippen LogP contribution < -0.4 is 25.6 Å². The molecule has 0 amide bonds. The minimum Gasteiger partial charge on any atom is -0.422 e. The van der Waals surface area contributed by atoms with Gasteiger partial charge in [-0.05, 0) is 59.4 Å². The molecule has 5 rings (SSSR count). The summed E-state index contributed by atoms with van der Waals surface area (Å²) in [7, 11) is 0. The second-order valence-electron chi connectivity index (χ2n) is 7.69. The number of anilines is 1. The molecule has 0 fully saturated rings. The minimum absolute atomic E-state index is 0.406. The summed E-state index contributed by atoms with van der Waals surface area (Å²) < 4.78 is 11.1. The molecule has 0 atom stereocenters. The standard InChI is InChI=1S/C26H21NO4/c1-3-14-5-7-16(8-6-14)23-18-12-22-19(13-21(18)30-25(23)28)24(26(29)31-22)17-9-10-20(27)15(4-2)11-17/h5-13H,3-4,27H2,1-2H3. The van der Waals surface area contributed by atoms with Crippen molar-refractivity contribution in [2.75, 3.05) is 5.73 Å². The van der Waals surface area contributed by atoms with Gasteiger partial charge in [0.25, 0.3) is 0 Å². The average molecular weight is 411 g/mol. The second kappa shape index (κ2) is 7.13. The highest BCUT2D eigenvalue weighted by Crippen LogP contribution is 2.28. The Balaban J connectivity index is 1.72. The molecule has 3 aromatic carbocycles. The number of carbonyl (C=O) groups excluding carboxylic acids is 2. The van der Waals surface area contributed by atoms with E-state index in [9.17, 15) is 9.59 Å². The maximum absolute atomic E-state index is 12.7. The van der Waals surface area contributed by atoms with Crippen LogP contribution in [0.5, 0.6) is 11.5 Å². The lowest BCUT2D eigenvalue weighted by atomic mass is 9.98. The number of hydrogen-bond acceptors (Lipinski definition) is 5. The Morgan fingerprint density at radius 3 is 1.81 bits per heavy atom. The summed E-state index contributed by atoms with van der Waals surface area (Å²) >= 11 is 0. The number of nitrogens with two attached hydrogens (primary N) is 1. The van der Waals surface area contributed by atoms with E-state index in [0.29, 0.717) is 38.8 Å². The van der Waals surface area contributed by atoms with Crippen molar-refractivity contribution in [3.05, 3.63) is 87.3 Å². The summed E-state index contributed by atoms with van der Waals surface area (Å²) in [5, 5.41) is 1.25. The van der Waals surface area contributed by atoms with Crippen molar-refractivity contribution in [2.45, 2.75) is 26.7 Å². The molecule has 2 aliphatic rings. The van der Waals surface area contributed by atoms with E-state index in [0.717, 1.165) is 29.5 Å². The van der Waals surface area contributed by atoms with Gasteiger partial charge in [-0.3, -0.25) is 0 Å². The maximum Gasteiger partial charge on any atom is 0.344 e. The Kier molecular flexibility index (Phi) is 4.40. The molecule has 0 aromatic heterocycles. The SMILES string of the molecule is CCc1ccc(C2=c3cc4c(cc3OC2=O)=C(c2ccc(N)c(CC)c2)C(=O)O4)cc1. The number of hydrogen-bond donors (Lipinski definition) is 1. The Hall–Kier alpha value is -3.86. The number of benzene rings is 3. The fourth-order valence-corrected chi connectivity index (χ4v) is 4.16. The normalized spacial score (nSPS) is 14.4. The van der Waals surface area contributed by atoms with Crippen LogP contribution in [0, 0.1) is 0 Å². The first kappa shape index (κ1) is 19.1. The number of fused-ring (bicyclic) bond motifs is 2. The van der Waals surface area contributed by atoms with Crippen LogP contribution in [-0.4, -0.2) is 11.9 Å². The molecule has 5 heteroatoms. The van der Waals surface area contributed by atoms with Gasteiger partial charge in [0.2, 0.25) is 0 Å². The highest BCUT2D eigenvalue weighted by Gasteiger charge is 2.30. The van der Waals surface area contributed by atoms with E-state index in [1.54, 1.807) is 18.2 Å². The van der Waals surface area contributed by atoms with Crippen LogP contribution in [0.15, 0.2) is 54.6 Å². The molecule has 2 aliphatic heterocycles. The molecule has 3 aromatic rings. The number of carbonyl (C=O) groups is 2. The molecule has 5 nitrogen and oxygen atoms in total. The monoisotopic (exact) mass is 411 g/mol. The molecule has 0 saturated heterocycles. The van der Waals surface area contributed by atoms with Crippen LogP contribution in [0.25, 0.3) is 11.1 Å². The lowest BCUT2D eigenvalue weighted by Gasteiger charge is -2.06. The van der Waals surface area contributed by atoms with Gasteiger partial charge >= 0.3 is 11.9 Å². The van der Waals surface area contributed by atoms with Gasteiger partial charge in [0, 0.05) is 16.1 Å². The van der Waals surface area contributed by atoms with Gasteiger partial charge in [0.1, 0.15) is 11.5 Å². The van der Waals surface area contributed by atoms with E-state index >= 15 is 0 Å². The number of nitrogen functional groups attached to an aromatic ring is 1. The molecule has 0 aliphatic carbocycles. The number of aryl methyl sites for hydroxylation is 2. The van der Waals surface area contributed by atoms with Gasteiger partial charge in [0.15, 0.2) is 0 Å². The Morgan fingerprint density at radius 2 is 1.26 bits per heavy atom. The molecule has 154 valence electrons. The van der Waals surface area contributed by atoms with E-state index in [1.807, 2.05) is 43.3 Å². The first-order valence-electron chi connectivity index (χ1n) is 10.3. The van der Waals surface area contributed by atoms with Crippen LogP contribution in [-0.2, 0) is 22.4 Å². The van der Waals surface area contributed by atoms with Crippen LogP contribution in [0.3, 0.4) is 0 Å². The summed E-state index contributed by atoms with van der Waals surface area (Å²) in [6, 6.07) is 16.8. The minimum atomic E-state index is -0.425. The van der Waals surface area contributed by atoms with Crippen molar-refractivity contribution in [3.63, 3.8) is 0 Å². The number of ether oxygens (including phenoxy) is 2. The summed E-state index contributed by atoms with van der Waals surface area (Å²) in [6.07, 6.45) is 1.68. The van der Waals surface area contributed by atoms with E-state index < -0.39 is 11.9 Å². The van der Waals surface area contributed by atoms with Crippen molar-refractivity contribution >= 4 is 28.8 Å². The van der Waals surface area contributed by atoms with Crippen molar-refractivity contribution in [1.29, 1.82) is 0 Å². The Bertz CT molecular complexity index is 1380. The maximum atomic E-state index is 12.7. The second-order valence-corrected chi connectivity index (χ2v) is 7.69. The quantitative estimate of drug-likeness (QED) is 0.406. The summed E-state index contributed by atoms with van der Waals surface area (Å²) in [4.78, 5) is 25.4. The van der Waals surface area contributed by atoms with Gasteiger partial charge in [-0.15, -0.1) is 0 Å². The third kappa shape index (κ3) is 3.01. The first-order valence-corrected chi connectivity index (χ1v) is 10.3. The molecule has 0 saturated carbocycles. The van der Waals surface area contributed by atoms with E-state index in [-0.39, 0.29) is 0 Å². The van der Waals surface area contributed by atoms with E-state index in [1.165, 1.54) is 5.56 Å². The van der Waals surface area contributed by atoms with Gasteiger partial charge in [-0.25, -0.2) is 9.59 Å².